The van der Waals surface area contributed by atoms with E-state index < -0.39 is 23.7 Å². The van der Waals surface area contributed by atoms with Gasteiger partial charge in [0.15, 0.2) is 0 Å². The van der Waals surface area contributed by atoms with Gasteiger partial charge in [-0.3, -0.25) is 9.59 Å². The van der Waals surface area contributed by atoms with Gasteiger partial charge >= 0.3 is 7.12 Å². The molecule has 1 spiro atoms. The molecule has 0 aliphatic carbocycles. The minimum atomic E-state index is -0.563. The number of amides is 2. The highest BCUT2D eigenvalue weighted by molar-refractivity contribution is 6.62. The van der Waals surface area contributed by atoms with E-state index in [1.54, 1.807) is 0 Å². The highest BCUT2D eigenvalue weighted by atomic mass is 16.7. The Hall–Kier alpha value is -1.90. The van der Waals surface area contributed by atoms with Crippen LogP contribution < -0.4 is 10.8 Å². The topological polar surface area (TPSA) is 77.1 Å². The summed E-state index contributed by atoms with van der Waals surface area (Å²) in [5, 5.41) is 3.09. The summed E-state index contributed by atoms with van der Waals surface area (Å²) in [7, 11) is -0.461. The lowest BCUT2D eigenvalue weighted by Crippen LogP contribution is -2.49. The zero-order chi connectivity index (χ0) is 22.0. The third kappa shape index (κ3) is 3.22. The number of nitrogens with one attached hydrogen (secondary N) is 1. The molecular formula is C23H31BN2O5. The fourth-order valence-corrected chi connectivity index (χ4v) is 5.17. The summed E-state index contributed by atoms with van der Waals surface area (Å²) in [4.78, 5) is 27.7. The van der Waals surface area contributed by atoms with Gasteiger partial charge in [-0.15, -0.1) is 0 Å². The number of benzene rings is 1. The van der Waals surface area contributed by atoms with Crippen molar-refractivity contribution in [1.82, 2.24) is 4.90 Å². The van der Waals surface area contributed by atoms with Crippen LogP contribution in [0.4, 0.5) is 5.69 Å². The normalized spacial score (nSPS) is 28.1. The Labute approximate surface area is 183 Å². The second kappa shape index (κ2) is 7.05. The highest BCUT2D eigenvalue weighted by Crippen LogP contribution is 2.45. The fraction of sp³-hybridized carbons (Fsp3) is 0.652. The number of rotatable bonds is 2. The molecule has 0 saturated carbocycles. The summed E-state index contributed by atoms with van der Waals surface area (Å²) in [6.45, 7) is 10.5. The molecule has 4 aliphatic heterocycles. The molecule has 7 nitrogen and oxygen atoms in total. The van der Waals surface area contributed by atoms with Crippen molar-refractivity contribution in [2.24, 2.45) is 5.92 Å². The molecule has 166 valence electrons. The van der Waals surface area contributed by atoms with Gasteiger partial charge in [-0.05, 0) is 64.1 Å². The Morgan fingerprint density at radius 3 is 2.42 bits per heavy atom. The van der Waals surface area contributed by atoms with Gasteiger partial charge in [0.25, 0.3) is 0 Å². The monoisotopic (exact) mass is 426 g/mol. The second-order valence-corrected chi connectivity index (χ2v) is 10.3. The van der Waals surface area contributed by atoms with Crippen LogP contribution in [-0.2, 0) is 29.0 Å². The van der Waals surface area contributed by atoms with Crippen molar-refractivity contribution in [2.75, 3.05) is 31.6 Å². The third-order valence-electron chi connectivity index (χ3n) is 7.98. The molecule has 1 aromatic carbocycles. The van der Waals surface area contributed by atoms with Crippen molar-refractivity contribution in [1.29, 1.82) is 0 Å². The van der Waals surface area contributed by atoms with E-state index in [2.05, 4.69) is 5.32 Å². The van der Waals surface area contributed by atoms with Crippen molar-refractivity contribution in [2.45, 2.75) is 63.6 Å². The summed E-state index contributed by atoms with van der Waals surface area (Å²) in [5.41, 5.74) is 1.38. The summed E-state index contributed by atoms with van der Waals surface area (Å²) in [6, 6.07) is 6.03. The van der Waals surface area contributed by atoms with Crippen LogP contribution in [0.15, 0.2) is 18.2 Å². The maximum atomic E-state index is 13.1. The summed E-state index contributed by atoms with van der Waals surface area (Å²) in [6.07, 6.45) is 2.08. The Bertz CT molecular complexity index is 901. The molecular weight excluding hydrogens is 395 g/mol. The molecule has 3 saturated heterocycles. The van der Waals surface area contributed by atoms with Crippen LogP contribution >= 0.6 is 0 Å². The number of carbonyl (C=O) groups excluding carboxylic acids is 2. The van der Waals surface area contributed by atoms with Gasteiger partial charge in [0, 0.05) is 25.4 Å². The molecule has 1 N–H and O–H groups in total. The van der Waals surface area contributed by atoms with Crippen LogP contribution in [-0.4, -0.2) is 61.3 Å². The summed E-state index contributed by atoms with van der Waals surface area (Å²) < 4.78 is 17.7. The lowest BCUT2D eigenvalue weighted by atomic mass is 9.71. The quantitative estimate of drug-likeness (QED) is 0.731. The molecule has 5 rings (SSSR count). The zero-order valence-electron chi connectivity index (χ0n) is 18.8. The number of anilines is 1. The van der Waals surface area contributed by atoms with Gasteiger partial charge < -0.3 is 24.3 Å². The van der Waals surface area contributed by atoms with Gasteiger partial charge in [-0.1, -0.05) is 12.1 Å². The van der Waals surface area contributed by atoms with Gasteiger partial charge in [0.1, 0.15) is 0 Å². The van der Waals surface area contributed by atoms with E-state index in [9.17, 15) is 9.59 Å². The van der Waals surface area contributed by atoms with Crippen molar-refractivity contribution in [3.63, 3.8) is 0 Å². The first-order valence-electron chi connectivity index (χ1n) is 11.3. The lowest BCUT2D eigenvalue weighted by Gasteiger charge is -2.38. The summed E-state index contributed by atoms with van der Waals surface area (Å²) >= 11 is 0. The van der Waals surface area contributed by atoms with Crippen molar-refractivity contribution in [3.8, 4) is 0 Å². The van der Waals surface area contributed by atoms with E-state index in [1.165, 1.54) is 0 Å². The smallest absolute Gasteiger partial charge is 0.399 e. The Kier molecular flexibility index (Phi) is 4.77. The lowest BCUT2D eigenvalue weighted by molar-refractivity contribution is -0.138. The van der Waals surface area contributed by atoms with Crippen LogP contribution in [0.1, 0.15) is 52.5 Å². The molecule has 2 amide bonds. The molecule has 4 heterocycles. The Morgan fingerprint density at radius 1 is 1.13 bits per heavy atom. The van der Waals surface area contributed by atoms with Crippen LogP contribution in [0.3, 0.4) is 0 Å². The van der Waals surface area contributed by atoms with Gasteiger partial charge in [0.2, 0.25) is 11.8 Å². The minimum Gasteiger partial charge on any atom is -0.399 e. The van der Waals surface area contributed by atoms with E-state index in [4.69, 9.17) is 14.0 Å². The van der Waals surface area contributed by atoms with Crippen molar-refractivity contribution < 1.29 is 23.6 Å². The number of nitrogens with zero attached hydrogens (tertiary/aromatic N) is 1. The maximum Gasteiger partial charge on any atom is 0.494 e. The Morgan fingerprint density at radius 2 is 1.81 bits per heavy atom. The van der Waals surface area contributed by atoms with E-state index in [0.29, 0.717) is 39.1 Å². The van der Waals surface area contributed by atoms with Gasteiger partial charge in [-0.25, -0.2) is 0 Å². The van der Waals surface area contributed by atoms with E-state index >= 15 is 0 Å². The molecule has 4 aliphatic rings. The fourth-order valence-electron chi connectivity index (χ4n) is 5.17. The van der Waals surface area contributed by atoms with Crippen molar-refractivity contribution >= 4 is 30.1 Å². The first-order chi connectivity index (χ1) is 14.6. The molecule has 31 heavy (non-hydrogen) atoms. The average molecular weight is 426 g/mol. The van der Waals surface area contributed by atoms with Crippen LogP contribution in [0.2, 0.25) is 0 Å². The Balaban J connectivity index is 1.34. The predicted molar refractivity (Wildman–Crippen MR) is 117 cm³/mol. The highest BCUT2D eigenvalue weighted by Gasteiger charge is 2.53. The van der Waals surface area contributed by atoms with E-state index in [0.717, 1.165) is 23.1 Å². The maximum absolute atomic E-state index is 13.1. The molecule has 1 atom stereocenters. The van der Waals surface area contributed by atoms with Crippen molar-refractivity contribution in [3.05, 3.63) is 23.8 Å². The molecule has 0 radical (unpaired) electrons. The minimum absolute atomic E-state index is 0.0267. The predicted octanol–water partition coefficient (Wildman–Crippen LogP) is 1.83. The van der Waals surface area contributed by atoms with Crippen LogP contribution in [0.5, 0.6) is 0 Å². The molecule has 0 bridgehead atoms. The molecule has 0 aromatic heterocycles. The number of hydrogen-bond acceptors (Lipinski definition) is 5. The van der Waals surface area contributed by atoms with E-state index in [1.807, 2.05) is 50.8 Å². The number of fused-ring (bicyclic) bond motifs is 2. The van der Waals surface area contributed by atoms with Gasteiger partial charge in [-0.2, -0.15) is 0 Å². The average Bonchev–Trinajstić information content (AvgIpc) is 3.40. The second-order valence-electron chi connectivity index (χ2n) is 10.3. The SMILES string of the molecule is CC1(C)OB(c2ccc3c(c2)NC(=O)C32CCN(C(=O)[C@H]3CCOC3)CC2)OC1(C)C. The molecule has 1 aromatic rings. The molecule has 0 unspecified atom stereocenters. The van der Waals surface area contributed by atoms with Crippen LogP contribution in [0, 0.1) is 5.92 Å². The van der Waals surface area contributed by atoms with Gasteiger partial charge in [0.05, 0.1) is 29.1 Å². The number of likely N-dealkylation sites (tertiary alicyclic amines) is 1. The number of ether oxygens (including phenoxy) is 1. The number of carbonyl (C=O) groups is 2. The zero-order valence-corrected chi connectivity index (χ0v) is 18.8. The summed E-state index contributed by atoms with van der Waals surface area (Å²) in [5.74, 6) is 0.174. The first kappa shape index (κ1) is 21.0. The largest absolute Gasteiger partial charge is 0.494 e. The number of piperidine rings is 1. The standard InChI is InChI=1S/C23H31BN2O5/c1-21(2)22(3,4)31-24(30-21)16-5-6-17-18(13-16)25-20(28)23(17)8-10-26(11-9-23)19(27)15-7-12-29-14-15/h5-6,13,15H,7-12,14H2,1-4H3,(H,25,28)/t15-/m0/s1. The number of hydrogen-bond donors (Lipinski definition) is 1. The van der Waals surface area contributed by atoms with Crippen LogP contribution in [0.25, 0.3) is 0 Å². The first-order valence-corrected chi connectivity index (χ1v) is 11.3. The van der Waals surface area contributed by atoms with E-state index in [-0.39, 0.29) is 17.7 Å². The molecule has 8 heteroatoms. The third-order valence-corrected chi connectivity index (χ3v) is 7.98. The molecule has 3 fully saturated rings.